The Bertz CT molecular complexity index is 730. The van der Waals surface area contributed by atoms with Crippen molar-refractivity contribution in [3.8, 4) is 5.75 Å². The summed E-state index contributed by atoms with van der Waals surface area (Å²) in [6.07, 6.45) is 1.81. The summed E-state index contributed by atoms with van der Waals surface area (Å²) in [5.74, 6) is 0.840. The van der Waals surface area contributed by atoms with E-state index in [-0.39, 0.29) is 6.04 Å². The van der Waals surface area contributed by atoms with Gasteiger partial charge in [-0.1, -0.05) is 36.4 Å². The monoisotopic (exact) mass is 278 g/mol. The molecule has 106 valence electrons. The van der Waals surface area contributed by atoms with Crippen LogP contribution in [0.3, 0.4) is 0 Å². The molecule has 2 N–H and O–H groups in total. The Morgan fingerprint density at radius 3 is 2.57 bits per heavy atom. The number of nitrogens with zero attached hydrogens (tertiary/aromatic N) is 1. The molecule has 0 aliphatic rings. The number of rotatable bonds is 4. The van der Waals surface area contributed by atoms with Gasteiger partial charge in [0, 0.05) is 23.2 Å². The molecular weight excluding hydrogens is 260 g/mol. The van der Waals surface area contributed by atoms with E-state index in [1.54, 1.807) is 0 Å². The van der Waals surface area contributed by atoms with Crippen LogP contribution in [0.1, 0.15) is 24.1 Å². The number of ether oxygens (including phenoxy) is 1. The van der Waals surface area contributed by atoms with Crippen molar-refractivity contribution in [1.29, 1.82) is 0 Å². The zero-order valence-electron chi connectivity index (χ0n) is 12.0. The predicted octanol–water partition coefficient (Wildman–Crippen LogP) is 3.83. The Morgan fingerprint density at radius 1 is 1.05 bits per heavy atom. The molecule has 0 aliphatic heterocycles. The van der Waals surface area contributed by atoms with E-state index >= 15 is 0 Å². The molecule has 0 spiro atoms. The number of para-hydroxylation sites is 1. The summed E-state index contributed by atoms with van der Waals surface area (Å²) in [6.45, 7) is 2.48. The van der Waals surface area contributed by atoms with Gasteiger partial charge >= 0.3 is 0 Å². The summed E-state index contributed by atoms with van der Waals surface area (Å²) in [6, 6.07) is 18.1. The largest absolute Gasteiger partial charge is 0.489 e. The second-order valence-corrected chi connectivity index (χ2v) is 5.14. The van der Waals surface area contributed by atoms with Gasteiger partial charge in [-0.25, -0.2) is 0 Å². The van der Waals surface area contributed by atoms with E-state index in [0.29, 0.717) is 6.61 Å². The lowest BCUT2D eigenvalue weighted by Crippen LogP contribution is -2.04. The molecule has 21 heavy (non-hydrogen) atoms. The van der Waals surface area contributed by atoms with Crippen LogP contribution < -0.4 is 10.5 Å². The van der Waals surface area contributed by atoms with Gasteiger partial charge in [0.25, 0.3) is 0 Å². The van der Waals surface area contributed by atoms with Crippen LogP contribution in [0.2, 0.25) is 0 Å². The quantitative estimate of drug-likeness (QED) is 0.789. The highest BCUT2D eigenvalue weighted by Gasteiger charge is 2.04. The van der Waals surface area contributed by atoms with Crippen molar-refractivity contribution >= 4 is 10.9 Å². The molecule has 1 unspecified atom stereocenters. The maximum Gasteiger partial charge on any atom is 0.119 e. The van der Waals surface area contributed by atoms with Gasteiger partial charge in [-0.3, -0.25) is 4.98 Å². The molecule has 1 aromatic heterocycles. The topological polar surface area (TPSA) is 48.1 Å². The third-order valence-corrected chi connectivity index (χ3v) is 3.52. The smallest absolute Gasteiger partial charge is 0.119 e. The van der Waals surface area contributed by atoms with Crippen LogP contribution in [0.15, 0.2) is 60.8 Å². The van der Waals surface area contributed by atoms with Crippen LogP contribution in [0.5, 0.6) is 5.75 Å². The molecule has 3 aromatic rings. The molecule has 0 fully saturated rings. The van der Waals surface area contributed by atoms with Gasteiger partial charge in [0.15, 0.2) is 0 Å². The maximum absolute atomic E-state index is 5.85. The summed E-state index contributed by atoms with van der Waals surface area (Å²) < 4.78 is 5.85. The minimum absolute atomic E-state index is 0.0429. The predicted molar refractivity (Wildman–Crippen MR) is 85.1 cm³/mol. The van der Waals surface area contributed by atoms with E-state index in [1.165, 1.54) is 0 Å². The number of hydrogen-bond acceptors (Lipinski definition) is 3. The first-order valence-electron chi connectivity index (χ1n) is 7.05. The Hall–Kier alpha value is -2.39. The molecule has 2 aromatic carbocycles. The molecule has 1 atom stereocenters. The normalized spacial score (nSPS) is 12.3. The van der Waals surface area contributed by atoms with Crippen LogP contribution in [0.4, 0.5) is 0 Å². The summed E-state index contributed by atoms with van der Waals surface area (Å²) >= 11 is 0. The molecule has 0 saturated heterocycles. The van der Waals surface area contributed by atoms with Crippen molar-refractivity contribution in [3.05, 3.63) is 71.9 Å². The number of nitrogens with two attached hydrogens (primary N) is 1. The van der Waals surface area contributed by atoms with Gasteiger partial charge in [0.2, 0.25) is 0 Å². The van der Waals surface area contributed by atoms with Crippen molar-refractivity contribution in [2.24, 2.45) is 5.73 Å². The lowest BCUT2D eigenvalue weighted by atomic mass is 10.1. The standard InChI is InChI=1S/C18H18N2O/c1-13(19)14-7-9-17(10-8-14)21-12-16-5-2-4-15-6-3-11-20-18(15)16/h2-11,13H,12,19H2,1H3. The lowest BCUT2D eigenvalue weighted by molar-refractivity contribution is 0.307. The first kappa shape index (κ1) is 13.6. The SMILES string of the molecule is CC(N)c1ccc(OCc2cccc3cccnc23)cc1. The fourth-order valence-electron chi connectivity index (χ4n) is 2.31. The molecule has 1 heterocycles. The lowest BCUT2D eigenvalue weighted by Gasteiger charge is -2.10. The first-order valence-corrected chi connectivity index (χ1v) is 7.05. The summed E-state index contributed by atoms with van der Waals surface area (Å²) in [4.78, 5) is 4.43. The second kappa shape index (κ2) is 5.94. The minimum Gasteiger partial charge on any atom is -0.489 e. The Morgan fingerprint density at radius 2 is 1.81 bits per heavy atom. The van der Waals surface area contributed by atoms with Crippen LogP contribution >= 0.6 is 0 Å². The number of hydrogen-bond donors (Lipinski definition) is 1. The van der Waals surface area contributed by atoms with Gasteiger partial charge in [0.1, 0.15) is 12.4 Å². The van der Waals surface area contributed by atoms with E-state index in [9.17, 15) is 0 Å². The van der Waals surface area contributed by atoms with Crippen LogP contribution in [-0.2, 0) is 6.61 Å². The molecule has 0 saturated carbocycles. The highest BCUT2D eigenvalue weighted by atomic mass is 16.5. The number of fused-ring (bicyclic) bond motifs is 1. The van der Waals surface area contributed by atoms with Crippen molar-refractivity contribution in [2.75, 3.05) is 0 Å². The summed E-state index contributed by atoms with van der Waals surface area (Å²) in [7, 11) is 0. The number of benzene rings is 2. The number of aromatic nitrogens is 1. The Labute approximate surface area is 124 Å². The Balaban J connectivity index is 1.77. The second-order valence-electron chi connectivity index (χ2n) is 5.14. The van der Waals surface area contributed by atoms with E-state index in [2.05, 4.69) is 17.1 Å². The fraction of sp³-hybridized carbons (Fsp3) is 0.167. The molecular formula is C18H18N2O. The van der Waals surface area contributed by atoms with Crippen molar-refractivity contribution in [1.82, 2.24) is 4.98 Å². The zero-order chi connectivity index (χ0) is 14.7. The van der Waals surface area contributed by atoms with Gasteiger partial charge in [-0.05, 0) is 30.7 Å². The molecule has 0 radical (unpaired) electrons. The summed E-state index contributed by atoms with van der Waals surface area (Å²) in [5.41, 5.74) is 9.03. The van der Waals surface area contributed by atoms with Crippen LogP contribution in [0, 0.1) is 0 Å². The third-order valence-electron chi connectivity index (χ3n) is 3.52. The molecule has 0 aliphatic carbocycles. The zero-order valence-corrected chi connectivity index (χ0v) is 12.0. The van der Waals surface area contributed by atoms with Gasteiger partial charge < -0.3 is 10.5 Å². The van der Waals surface area contributed by atoms with Gasteiger partial charge in [-0.15, -0.1) is 0 Å². The third kappa shape index (κ3) is 3.03. The molecule has 0 amide bonds. The van der Waals surface area contributed by atoms with Crippen molar-refractivity contribution < 1.29 is 4.74 Å². The number of pyridine rings is 1. The first-order chi connectivity index (χ1) is 10.2. The molecule has 3 nitrogen and oxygen atoms in total. The van der Waals surface area contributed by atoms with Gasteiger partial charge in [-0.2, -0.15) is 0 Å². The average molecular weight is 278 g/mol. The maximum atomic E-state index is 5.85. The molecule has 3 rings (SSSR count). The van der Waals surface area contributed by atoms with E-state index in [1.807, 2.05) is 55.6 Å². The van der Waals surface area contributed by atoms with E-state index in [4.69, 9.17) is 10.5 Å². The average Bonchev–Trinajstić information content (AvgIpc) is 2.53. The Kier molecular flexibility index (Phi) is 3.84. The summed E-state index contributed by atoms with van der Waals surface area (Å²) in [5, 5.41) is 1.13. The highest BCUT2D eigenvalue weighted by Crippen LogP contribution is 2.20. The van der Waals surface area contributed by atoms with Crippen LogP contribution in [-0.4, -0.2) is 4.98 Å². The van der Waals surface area contributed by atoms with Crippen LogP contribution in [0.25, 0.3) is 10.9 Å². The molecule has 3 heteroatoms. The van der Waals surface area contributed by atoms with Crippen molar-refractivity contribution in [2.45, 2.75) is 19.6 Å². The van der Waals surface area contributed by atoms with E-state index in [0.717, 1.165) is 27.8 Å². The van der Waals surface area contributed by atoms with Crippen molar-refractivity contribution in [3.63, 3.8) is 0 Å². The minimum atomic E-state index is 0.0429. The fourth-order valence-corrected chi connectivity index (χ4v) is 2.31. The van der Waals surface area contributed by atoms with Gasteiger partial charge in [0.05, 0.1) is 5.52 Å². The van der Waals surface area contributed by atoms with E-state index < -0.39 is 0 Å². The highest BCUT2D eigenvalue weighted by molar-refractivity contribution is 5.81. The molecule has 0 bridgehead atoms.